The zero-order valence-electron chi connectivity index (χ0n) is 23.9. The fourth-order valence-electron chi connectivity index (χ4n) is 1.96. The summed E-state index contributed by atoms with van der Waals surface area (Å²) in [6, 6.07) is 6.17. The molecule has 1 aromatic rings. The van der Waals surface area contributed by atoms with Crippen molar-refractivity contribution in [3.63, 3.8) is 0 Å². The summed E-state index contributed by atoms with van der Waals surface area (Å²) in [6.07, 6.45) is -15.5. The minimum Gasteiger partial charge on any atom is -0.480 e. The number of hydrogen-bond acceptors (Lipinski definition) is 2. The van der Waals surface area contributed by atoms with Crippen molar-refractivity contribution in [2.45, 2.75) is 51.8 Å². The number of carbonyl (C=O) groups is 2. The molecule has 1 aliphatic rings. The van der Waals surface area contributed by atoms with Crippen LogP contribution in [0.3, 0.4) is 0 Å². The first kappa shape index (κ1) is 7.82. The Morgan fingerprint density at radius 1 is 1.30 bits per heavy atom. The van der Waals surface area contributed by atoms with Gasteiger partial charge >= 0.3 is 5.97 Å². The fourth-order valence-corrected chi connectivity index (χ4v) is 1.96. The Labute approximate surface area is 153 Å². The van der Waals surface area contributed by atoms with Gasteiger partial charge < -0.3 is 10.4 Å². The van der Waals surface area contributed by atoms with Gasteiger partial charge in [0.1, 0.15) is 6.04 Å². The van der Waals surface area contributed by atoms with Crippen LogP contribution < -0.4 is 5.32 Å². The van der Waals surface area contributed by atoms with E-state index in [0.29, 0.717) is 5.56 Å². The van der Waals surface area contributed by atoms with Gasteiger partial charge in [0.05, 0.1) is 0 Å². The summed E-state index contributed by atoms with van der Waals surface area (Å²) < 4.78 is 91.9. The zero-order valence-corrected chi connectivity index (χ0v) is 12.9. The summed E-state index contributed by atoms with van der Waals surface area (Å²) in [6.45, 7) is 1.83. The average molecular weight is 328 g/mol. The number of rotatable bonds is 6. The molecule has 4 nitrogen and oxygen atoms in total. The van der Waals surface area contributed by atoms with Crippen LogP contribution in [-0.2, 0) is 16.0 Å². The van der Waals surface area contributed by atoms with Crippen molar-refractivity contribution in [1.29, 1.82) is 0 Å². The van der Waals surface area contributed by atoms with Crippen LogP contribution >= 0.6 is 0 Å². The number of carbonyl (C=O) groups excluding carboxylic acids is 1. The Kier molecular flexibility index (Phi) is 2.77. The number of carboxylic acids is 1. The Morgan fingerprint density at radius 2 is 1.91 bits per heavy atom. The van der Waals surface area contributed by atoms with Crippen molar-refractivity contribution in [3.05, 3.63) is 35.9 Å². The molecule has 1 aromatic carbocycles. The van der Waals surface area contributed by atoms with Gasteiger partial charge in [-0.15, -0.1) is 0 Å². The fraction of sp³-hybridized carbons (Fsp3) is 0.579. The minimum absolute atomic E-state index is 0.327. The van der Waals surface area contributed by atoms with E-state index < -0.39 is 61.1 Å². The van der Waals surface area contributed by atoms with Gasteiger partial charge in [-0.25, -0.2) is 4.79 Å². The molecule has 0 aromatic heterocycles. The lowest BCUT2D eigenvalue weighted by molar-refractivity contribution is -0.142. The Morgan fingerprint density at radius 3 is 2.43 bits per heavy atom. The van der Waals surface area contributed by atoms with E-state index >= 15 is 0 Å². The summed E-state index contributed by atoms with van der Waals surface area (Å²) in [5.41, 5.74) is 0.440. The van der Waals surface area contributed by atoms with Crippen LogP contribution in [-0.4, -0.2) is 23.0 Å². The predicted octanol–water partition coefficient (Wildman–Crippen LogP) is 3.26. The van der Waals surface area contributed by atoms with Crippen LogP contribution in [0.1, 0.15) is 60.0 Å². The summed E-state index contributed by atoms with van der Waals surface area (Å²) in [4.78, 5) is 25.0. The highest BCUT2D eigenvalue weighted by molar-refractivity contribution is 5.85. The predicted molar refractivity (Wildman–Crippen MR) is 90.0 cm³/mol. The summed E-state index contributed by atoms with van der Waals surface area (Å²) >= 11 is 0. The molecule has 2 N–H and O–H groups in total. The van der Waals surface area contributed by atoms with E-state index in [1.54, 1.807) is 30.3 Å². The van der Waals surface area contributed by atoms with E-state index in [1.807, 2.05) is 5.32 Å². The van der Waals surface area contributed by atoms with Crippen molar-refractivity contribution in [3.8, 4) is 0 Å². The van der Waals surface area contributed by atoms with E-state index in [-0.39, 0.29) is 6.42 Å². The standard InChI is InChI=1S/C19H27NO3/c1-13(2)15-8-10-16(11-9-15)18(21)20-17(19(22)23)12-14-6-4-3-5-7-14/h3-7,13,15-17H,8-12H2,1-2H3,(H,20,21)(H,22,23)/t15?,16?,17-/m1/s1/i8D2,9D2,10D2,11D2,13D,15D,16D. The van der Waals surface area contributed by atoms with Crippen molar-refractivity contribution in [1.82, 2.24) is 5.32 Å². The highest BCUT2D eigenvalue weighted by Gasteiger charge is 2.30. The normalized spacial score (nSPS) is 45.2. The van der Waals surface area contributed by atoms with E-state index in [1.165, 1.54) is 0 Å². The second kappa shape index (κ2) is 8.14. The minimum atomic E-state index is -3.87. The second-order valence-corrected chi connectivity index (χ2v) is 5.30. The molecule has 1 amide bonds. The van der Waals surface area contributed by atoms with Crippen molar-refractivity contribution in [2.24, 2.45) is 17.7 Å². The van der Waals surface area contributed by atoms with Crippen LogP contribution in [0.2, 0.25) is 0 Å². The molecule has 1 aliphatic carbocycles. The van der Waals surface area contributed by atoms with Crippen molar-refractivity contribution >= 4 is 11.9 Å². The smallest absolute Gasteiger partial charge is 0.326 e. The molecule has 0 unspecified atom stereocenters. The molecule has 2 rings (SSSR count). The van der Waals surface area contributed by atoms with Gasteiger partial charge in [0.25, 0.3) is 0 Å². The third-order valence-electron chi connectivity index (χ3n) is 3.24. The van der Waals surface area contributed by atoms with E-state index in [0.717, 1.165) is 13.8 Å². The molecule has 1 atom stereocenters. The number of carboxylic acid groups (broad SMARTS) is 1. The average Bonchev–Trinajstić information content (AvgIpc) is 2.70. The molecular formula is C19H27NO3. The van der Waals surface area contributed by atoms with E-state index in [9.17, 15) is 14.7 Å². The Hall–Kier alpha value is -1.84. The monoisotopic (exact) mass is 328 g/mol. The van der Waals surface area contributed by atoms with E-state index in [4.69, 9.17) is 15.1 Å². The second-order valence-electron chi connectivity index (χ2n) is 5.30. The third kappa shape index (κ3) is 5.08. The molecule has 23 heavy (non-hydrogen) atoms. The van der Waals surface area contributed by atoms with Crippen LogP contribution in [0.4, 0.5) is 0 Å². The number of aliphatic carboxylic acids is 1. The number of benzene rings is 1. The SMILES string of the molecule is [2H]C(C)(C)C1([2H])C([2H])([2H])C([2H])([2H])C([2H])(C(=O)N[C@H](Cc2ccccc2)C(=O)O)C([2H])([2H])C1([2H])[2H]. The number of hydrogen-bond donors (Lipinski definition) is 2. The van der Waals surface area contributed by atoms with Crippen molar-refractivity contribution < 1.29 is 29.8 Å². The van der Waals surface area contributed by atoms with Crippen molar-refractivity contribution in [2.75, 3.05) is 0 Å². The van der Waals surface area contributed by atoms with Crippen LogP contribution in [0.15, 0.2) is 30.3 Å². The third-order valence-corrected chi connectivity index (χ3v) is 3.24. The Balaban J connectivity index is 2.67. The summed E-state index contributed by atoms with van der Waals surface area (Å²) in [5, 5.41) is 11.4. The lowest BCUT2D eigenvalue weighted by Gasteiger charge is -2.30. The lowest BCUT2D eigenvalue weighted by Crippen LogP contribution is -2.45. The van der Waals surface area contributed by atoms with Gasteiger partial charge in [0, 0.05) is 27.4 Å². The molecule has 126 valence electrons. The van der Waals surface area contributed by atoms with Gasteiger partial charge in [-0.1, -0.05) is 44.2 Å². The quantitative estimate of drug-likeness (QED) is 0.842. The van der Waals surface area contributed by atoms with Crippen LogP contribution in [0.25, 0.3) is 0 Å². The van der Waals surface area contributed by atoms with Gasteiger partial charge in [-0.2, -0.15) is 0 Å². The first-order chi connectivity index (χ1) is 15.1. The number of nitrogens with one attached hydrogen (secondary N) is 1. The highest BCUT2D eigenvalue weighted by Crippen LogP contribution is 2.33. The summed E-state index contributed by atoms with van der Waals surface area (Å²) in [5.74, 6) is -13.2. The lowest BCUT2D eigenvalue weighted by atomic mass is 9.76. The van der Waals surface area contributed by atoms with Gasteiger partial charge in [0.15, 0.2) is 0 Å². The molecule has 4 heteroatoms. The van der Waals surface area contributed by atoms with Gasteiger partial charge in [-0.3, -0.25) is 4.79 Å². The van der Waals surface area contributed by atoms with Gasteiger partial charge in [0.2, 0.25) is 5.91 Å². The molecule has 0 spiro atoms. The maximum absolute atomic E-state index is 13.2. The first-order valence-corrected chi connectivity index (χ1v) is 7.13. The molecule has 0 heterocycles. The molecular weight excluding hydrogens is 290 g/mol. The Bertz CT molecular complexity index is 932. The zero-order chi connectivity index (χ0) is 26.8. The molecule has 1 fully saturated rings. The maximum Gasteiger partial charge on any atom is 0.326 e. The topological polar surface area (TPSA) is 66.4 Å². The molecule has 0 bridgehead atoms. The molecule has 0 aliphatic heterocycles. The van der Waals surface area contributed by atoms with Gasteiger partial charge in [-0.05, 0) is 42.8 Å². The number of amides is 1. The molecule has 0 radical (unpaired) electrons. The molecule has 1 saturated carbocycles. The van der Waals surface area contributed by atoms with E-state index in [2.05, 4.69) is 0 Å². The largest absolute Gasteiger partial charge is 0.480 e. The van der Waals surface area contributed by atoms with Crippen LogP contribution in [0.5, 0.6) is 0 Å². The first-order valence-electron chi connectivity index (χ1n) is 12.6. The summed E-state index contributed by atoms with van der Waals surface area (Å²) in [7, 11) is 0. The maximum atomic E-state index is 13.2. The van der Waals surface area contributed by atoms with Crippen LogP contribution in [0, 0.1) is 17.7 Å². The highest BCUT2D eigenvalue weighted by atomic mass is 16.4. The molecule has 0 saturated heterocycles.